The number of aryl methyl sites for hydroxylation is 1. The maximum Gasteiger partial charge on any atom is 0.256 e. The zero-order valence-electron chi connectivity index (χ0n) is 15.5. The van der Waals surface area contributed by atoms with Crippen LogP contribution in [0.15, 0.2) is 41.5 Å². The van der Waals surface area contributed by atoms with E-state index in [0.29, 0.717) is 24.2 Å². The van der Waals surface area contributed by atoms with Crippen molar-refractivity contribution < 1.29 is 13.2 Å². The number of sulfone groups is 1. The molecule has 1 fully saturated rings. The SMILES string of the molecule is Cc1ncn(CC(=O)N2CC[C@@H](c3ccccc3)S(=O)(=O)CC2)c(=O)c1C. The van der Waals surface area contributed by atoms with Crippen LogP contribution >= 0.6 is 0 Å². The quantitative estimate of drug-likeness (QED) is 0.788. The van der Waals surface area contributed by atoms with Crippen LogP contribution in [0.4, 0.5) is 0 Å². The molecule has 0 radical (unpaired) electrons. The third-order valence-electron chi connectivity index (χ3n) is 5.09. The number of benzene rings is 1. The molecule has 2 heterocycles. The minimum atomic E-state index is -3.35. The van der Waals surface area contributed by atoms with E-state index in [1.54, 1.807) is 26.0 Å². The molecule has 0 N–H and O–H groups in total. The van der Waals surface area contributed by atoms with Crippen LogP contribution in [0, 0.1) is 13.8 Å². The van der Waals surface area contributed by atoms with Gasteiger partial charge in [0.25, 0.3) is 5.56 Å². The highest BCUT2D eigenvalue weighted by Crippen LogP contribution is 2.29. The zero-order valence-corrected chi connectivity index (χ0v) is 16.3. The second-order valence-electron chi connectivity index (χ2n) is 6.82. The fourth-order valence-electron chi connectivity index (χ4n) is 3.27. The summed E-state index contributed by atoms with van der Waals surface area (Å²) in [7, 11) is -3.35. The molecular weight excluding hydrogens is 366 g/mol. The van der Waals surface area contributed by atoms with Gasteiger partial charge in [-0.15, -0.1) is 0 Å². The normalized spacial score (nSPS) is 19.5. The summed E-state index contributed by atoms with van der Waals surface area (Å²) in [5.74, 6) is -0.357. The molecule has 8 heteroatoms. The lowest BCUT2D eigenvalue weighted by molar-refractivity contribution is -0.131. The molecule has 1 aliphatic heterocycles. The topological polar surface area (TPSA) is 89.3 Å². The number of carbonyl (C=O) groups is 1. The highest BCUT2D eigenvalue weighted by Gasteiger charge is 2.32. The molecule has 1 aromatic heterocycles. The predicted octanol–water partition coefficient (Wildman–Crippen LogP) is 1.25. The molecule has 7 nitrogen and oxygen atoms in total. The molecule has 0 aliphatic carbocycles. The van der Waals surface area contributed by atoms with Gasteiger partial charge in [-0.3, -0.25) is 14.2 Å². The average molecular weight is 389 g/mol. The Morgan fingerprint density at radius 2 is 1.89 bits per heavy atom. The summed E-state index contributed by atoms with van der Waals surface area (Å²) in [5, 5.41) is -0.609. The summed E-state index contributed by atoms with van der Waals surface area (Å²) in [5.41, 5.74) is 1.64. The fraction of sp³-hybridized carbons (Fsp3) is 0.421. The lowest BCUT2D eigenvalue weighted by Gasteiger charge is -2.20. The second-order valence-corrected chi connectivity index (χ2v) is 9.13. The first-order valence-corrected chi connectivity index (χ1v) is 10.6. The number of nitrogens with zero attached hydrogens (tertiary/aromatic N) is 3. The minimum absolute atomic E-state index is 0.0849. The van der Waals surface area contributed by atoms with Crippen LogP contribution in [0.3, 0.4) is 0 Å². The number of hydrogen-bond acceptors (Lipinski definition) is 5. The van der Waals surface area contributed by atoms with Gasteiger partial charge in [-0.2, -0.15) is 0 Å². The van der Waals surface area contributed by atoms with Crippen LogP contribution < -0.4 is 5.56 Å². The van der Waals surface area contributed by atoms with Gasteiger partial charge in [0.2, 0.25) is 5.91 Å². The van der Waals surface area contributed by atoms with Gasteiger partial charge in [0.05, 0.1) is 17.3 Å². The Bertz CT molecular complexity index is 999. The van der Waals surface area contributed by atoms with E-state index in [2.05, 4.69) is 4.98 Å². The van der Waals surface area contributed by atoms with E-state index in [1.165, 1.54) is 15.8 Å². The van der Waals surface area contributed by atoms with E-state index >= 15 is 0 Å². The average Bonchev–Trinajstić information content (AvgIpc) is 2.81. The Morgan fingerprint density at radius 1 is 1.19 bits per heavy atom. The molecule has 2 aromatic rings. The molecule has 1 aliphatic rings. The molecule has 1 saturated heterocycles. The van der Waals surface area contributed by atoms with Crippen molar-refractivity contribution in [2.24, 2.45) is 0 Å². The van der Waals surface area contributed by atoms with Crippen molar-refractivity contribution >= 4 is 15.7 Å². The Hall–Kier alpha value is -2.48. The van der Waals surface area contributed by atoms with Gasteiger partial charge in [0.15, 0.2) is 9.84 Å². The van der Waals surface area contributed by atoms with Crippen LogP contribution in [0.1, 0.15) is 28.5 Å². The largest absolute Gasteiger partial charge is 0.340 e. The van der Waals surface area contributed by atoms with Crippen molar-refractivity contribution in [2.45, 2.75) is 32.1 Å². The Labute approximate surface area is 158 Å². The third-order valence-corrected chi connectivity index (χ3v) is 7.21. The van der Waals surface area contributed by atoms with Gasteiger partial charge in [-0.05, 0) is 25.8 Å². The molecule has 0 unspecified atom stereocenters. The number of aromatic nitrogens is 2. The van der Waals surface area contributed by atoms with Crippen LogP contribution in [0.2, 0.25) is 0 Å². The monoisotopic (exact) mass is 389 g/mol. The first-order chi connectivity index (χ1) is 12.8. The summed E-state index contributed by atoms with van der Waals surface area (Å²) >= 11 is 0. The Balaban J connectivity index is 1.77. The summed E-state index contributed by atoms with van der Waals surface area (Å²) in [6, 6.07) is 9.09. The van der Waals surface area contributed by atoms with Crippen LogP contribution in [0.25, 0.3) is 0 Å². The standard InChI is InChI=1S/C19H23N3O4S/c1-14-15(2)20-13-22(19(14)24)12-18(23)21-9-8-17(27(25,26)11-10-21)16-6-4-3-5-7-16/h3-7,13,17H,8-12H2,1-2H3/t17-/m0/s1. The first-order valence-electron chi connectivity index (χ1n) is 8.86. The highest BCUT2D eigenvalue weighted by molar-refractivity contribution is 7.91. The maximum atomic E-state index is 12.7. The van der Waals surface area contributed by atoms with E-state index in [1.807, 2.05) is 18.2 Å². The lowest BCUT2D eigenvalue weighted by Crippen LogP contribution is -2.38. The number of amides is 1. The van der Waals surface area contributed by atoms with Crippen molar-refractivity contribution in [1.82, 2.24) is 14.5 Å². The van der Waals surface area contributed by atoms with Crippen molar-refractivity contribution in [1.29, 1.82) is 0 Å². The number of carbonyl (C=O) groups excluding carboxylic acids is 1. The molecule has 0 spiro atoms. The Morgan fingerprint density at radius 3 is 2.59 bits per heavy atom. The molecule has 144 valence electrons. The molecule has 1 atom stereocenters. The second kappa shape index (κ2) is 7.64. The smallest absolute Gasteiger partial charge is 0.256 e. The molecular formula is C19H23N3O4S. The van der Waals surface area contributed by atoms with Crippen molar-refractivity contribution in [3.8, 4) is 0 Å². The van der Waals surface area contributed by atoms with Crippen molar-refractivity contribution in [3.05, 3.63) is 63.8 Å². The molecule has 0 bridgehead atoms. The van der Waals surface area contributed by atoms with E-state index in [-0.39, 0.29) is 30.3 Å². The fourth-order valence-corrected chi connectivity index (χ4v) is 5.07. The van der Waals surface area contributed by atoms with Crippen LogP contribution in [-0.2, 0) is 21.2 Å². The minimum Gasteiger partial charge on any atom is -0.340 e. The summed E-state index contributed by atoms with van der Waals surface area (Å²) in [6.45, 7) is 3.76. The lowest BCUT2D eigenvalue weighted by atomic mass is 10.1. The molecule has 1 amide bonds. The van der Waals surface area contributed by atoms with Gasteiger partial charge in [0, 0.05) is 24.3 Å². The van der Waals surface area contributed by atoms with Crippen LogP contribution in [0.5, 0.6) is 0 Å². The Kier molecular flexibility index (Phi) is 5.46. The van der Waals surface area contributed by atoms with Gasteiger partial charge in [-0.25, -0.2) is 13.4 Å². The first kappa shape index (κ1) is 19.3. The van der Waals surface area contributed by atoms with E-state index in [0.717, 1.165) is 5.56 Å². The molecule has 0 saturated carbocycles. The predicted molar refractivity (Wildman–Crippen MR) is 102 cm³/mol. The molecule has 3 rings (SSSR count). The molecule has 27 heavy (non-hydrogen) atoms. The summed E-state index contributed by atoms with van der Waals surface area (Å²) < 4.78 is 26.6. The maximum absolute atomic E-state index is 12.7. The van der Waals surface area contributed by atoms with Gasteiger partial charge in [-0.1, -0.05) is 30.3 Å². The summed E-state index contributed by atoms with van der Waals surface area (Å²) in [4.78, 5) is 30.6. The zero-order chi connectivity index (χ0) is 19.6. The van der Waals surface area contributed by atoms with Crippen molar-refractivity contribution in [3.63, 3.8) is 0 Å². The number of hydrogen-bond donors (Lipinski definition) is 0. The van der Waals surface area contributed by atoms with E-state index < -0.39 is 15.1 Å². The summed E-state index contributed by atoms with van der Waals surface area (Å²) in [6.07, 6.45) is 1.71. The van der Waals surface area contributed by atoms with Crippen molar-refractivity contribution in [2.75, 3.05) is 18.8 Å². The molecule has 1 aromatic carbocycles. The highest BCUT2D eigenvalue weighted by atomic mass is 32.2. The van der Waals surface area contributed by atoms with E-state index in [4.69, 9.17) is 0 Å². The third kappa shape index (κ3) is 4.10. The van der Waals surface area contributed by atoms with Gasteiger partial charge in [0.1, 0.15) is 6.54 Å². The van der Waals surface area contributed by atoms with E-state index in [9.17, 15) is 18.0 Å². The number of rotatable bonds is 3. The van der Waals surface area contributed by atoms with Crippen LogP contribution in [-0.4, -0.2) is 47.6 Å². The van der Waals surface area contributed by atoms with Gasteiger partial charge < -0.3 is 4.90 Å². The van der Waals surface area contributed by atoms with Gasteiger partial charge >= 0.3 is 0 Å².